The number of carbonyl (C=O) groups is 5. The molecule has 1 fully saturated rings. The van der Waals surface area contributed by atoms with Gasteiger partial charge in [0.1, 0.15) is 18.1 Å². The number of guanidine groups is 1. The number of amides is 4. The standard InChI is InChI=1S/C18H32N8O6/c19-9-14(28)24-10(5-6-13(20)27)15(29)25-11(3-1-7-23-18(21)22)16(30)26-8-2-4-12(26)17(31)32/h10-12H,1-9,19H2,(H2,20,27)(H,24,28)(H,25,29)(H,31,32)(H4,21,22,23). The highest BCUT2D eigenvalue weighted by Gasteiger charge is 2.38. The molecule has 1 aliphatic rings. The predicted octanol–water partition coefficient (Wildman–Crippen LogP) is -3.69. The van der Waals surface area contributed by atoms with E-state index in [1.165, 1.54) is 4.90 Å². The summed E-state index contributed by atoms with van der Waals surface area (Å²) in [5.41, 5.74) is 21.0. The molecule has 0 saturated carbocycles. The van der Waals surface area contributed by atoms with Crippen molar-refractivity contribution in [1.82, 2.24) is 15.5 Å². The van der Waals surface area contributed by atoms with E-state index < -0.39 is 47.7 Å². The van der Waals surface area contributed by atoms with Gasteiger partial charge in [-0.15, -0.1) is 0 Å². The van der Waals surface area contributed by atoms with Gasteiger partial charge in [-0.1, -0.05) is 0 Å². The number of aliphatic carboxylic acids is 1. The Morgan fingerprint density at radius 1 is 1.06 bits per heavy atom. The van der Waals surface area contributed by atoms with Crippen LogP contribution in [0.5, 0.6) is 0 Å². The molecule has 14 heteroatoms. The molecule has 0 aliphatic carbocycles. The lowest BCUT2D eigenvalue weighted by Gasteiger charge is -2.28. The first-order valence-corrected chi connectivity index (χ1v) is 10.2. The first kappa shape index (κ1) is 26.6. The number of likely N-dealkylation sites (tertiary alicyclic amines) is 1. The zero-order valence-corrected chi connectivity index (χ0v) is 17.8. The Morgan fingerprint density at radius 2 is 1.75 bits per heavy atom. The lowest BCUT2D eigenvalue weighted by atomic mass is 10.1. The third-order valence-electron chi connectivity index (χ3n) is 4.90. The highest BCUT2D eigenvalue weighted by molar-refractivity contribution is 5.94. The van der Waals surface area contributed by atoms with Gasteiger partial charge in [0.2, 0.25) is 23.6 Å². The van der Waals surface area contributed by atoms with E-state index in [1.807, 2.05) is 0 Å². The van der Waals surface area contributed by atoms with Gasteiger partial charge >= 0.3 is 5.97 Å². The average molecular weight is 457 g/mol. The Hall–Kier alpha value is -3.42. The predicted molar refractivity (Wildman–Crippen MR) is 114 cm³/mol. The van der Waals surface area contributed by atoms with Gasteiger partial charge in [0, 0.05) is 19.5 Å². The van der Waals surface area contributed by atoms with Crippen LogP contribution in [0, 0.1) is 0 Å². The molecule has 0 aromatic rings. The number of carboxylic acid groups (broad SMARTS) is 1. The van der Waals surface area contributed by atoms with Crippen molar-refractivity contribution in [2.24, 2.45) is 27.9 Å². The molecular formula is C18H32N8O6. The molecule has 0 aromatic heterocycles. The molecule has 11 N–H and O–H groups in total. The second kappa shape index (κ2) is 13.1. The smallest absolute Gasteiger partial charge is 0.326 e. The summed E-state index contributed by atoms with van der Waals surface area (Å²) in [5, 5.41) is 14.3. The van der Waals surface area contributed by atoms with E-state index in [1.54, 1.807) is 0 Å². The van der Waals surface area contributed by atoms with Crippen LogP contribution in [-0.2, 0) is 24.0 Å². The summed E-state index contributed by atoms with van der Waals surface area (Å²) in [6.07, 6.45) is 0.996. The van der Waals surface area contributed by atoms with Crippen molar-refractivity contribution in [2.45, 2.75) is 56.7 Å². The van der Waals surface area contributed by atoms with Crippen LogP contribution in [0.1, 0.15) is 38.5 Å². The number of carboxylic acids is 1. The molecular weight excluding hydrogens is 424 g/mol. The Morgan fingerprint density at radius 3 is 2.31 bits per heavy atom. The maximum Gasteiger partial charge on any atom is 0.326 e. The number of aliphatic imine (C=N–C) groups is 1. The summed E-state index contributed by atoms with van der Waals surface area (Å²) < 4.78 is 0. The largest absolute Gasteiger partial charge is 0.480 e. The van der Waals surface area contributed by atoms with Crippen molar-refractivity contribution in [1.29, 1.82) is 0 Å². The van der Waals surface area contributed by atoms with Gasteiger partial charge in [0.05, 0.1) is 6.54 Å². The van der Waals surface area contributed by atoms with Gasteiger partial charge in [-0.05, 0) is 32.1 Å². The van der Waals surface area contributed by atoms with Crippen molar-refractivity contribution < 1.29 is 29.1 Å². The minimum Gasteiger partial charge on any atom is -0.480 e. The van der Waals surface area contributed by atoms with Crippen molar-refractivity contribution in [3.8, 4) is 0 Å². The molecule has 32 heavy (non-hydrogen) atoms. The summed E-state index contributed by atoms with van der Waals surface area (Å²) in [6, 6.07) is -3.22. The average Bonchev–Trinajstić information content (AvgIpc) is 3.22. The summed E-state index contributed by atoms with van der Waals surface area (Å²) in [5.74, 6) is -3.84. The Balaban J connectivity index is 2.99. The Bertz CT molecular complexity index is 739. The van der Waals surface area contributed by atoms with Crippen LogP contribution in [0.25, 0.3) is 0 Å². The van der Waals surface area contributed by atoms with Crippen LogP contribution in [0.3, 0.4) is 0 Å². The summed E-state index contributed by atoms with van der Waals surface area (Å²) in [4.78, 5) is 65.2. The van der Waals surface area contributed by atoms with E-state index >= 15 is 0 Å². The van der Waals surface area contributed by atoms with E-state index in [4.69, 9.17) is 22.9 Å². The second-order valence-electron chi connectivity index (χ2n) is 7.37. The van der Waals surface area contributed by atoms with E-state index in [0.717, 1.165) is 0 Å². The number of nitrogens with one attached hydrogen (secondary N) is 2. The molecule has 3 unspecified atom stereocenters. The SMILES string of the molecule is NCC(=O)NC(CCC(N)=O)C(=O)NC(CCCN=C(N)N)C(=O)N1CCCC1C(=O)O. The fourth-order valence-corrected chi connectivity index (χ4v) is 3.33. The maximum atomic E-state index is 13.1. The van der Waals surface area contributed by atoms with Gasteiger partial charge in [0.15, 0.2) is 5.96 Å². The Labute approximate surface area is 185 Å². The first-order chi connectivity index (χ1) is 15.1. The molecule has 3 atom stereocenters. The molecule has 0 spiro atoms. The van der Waals surface area contributed by atoms with E-state index in [-0.39, 0.29) is 44.9 Å². The monoisotopic (exact) mass is 456 g/mol. The first-order valence-electron chi connectivity index (χ1n) is 10.2. The van der Waals surface area contributed by atoms with Crippen LogP contribution in [-0.4, -0.2) is 83.3 Å². The number of primary amides is 1. The highest BCUT2D eigenvalue weighted by atomic mass is 16.4. The van der Waals surface area contributed by atoms with Crippen LogP contribution < -0.4 is 33.6 Å². The maximum absolute atomic E-state index is 13.1. The third kappa shape index (κ3) is 8.75. The zero-order valence-electron chi connectivity index (χ0n) is 17.8. The number of nitrogens with two attached hydrogens (primary N) is 4. The van der Waals surface area contributed by atoms with Crippen LogP contribution >= 0.6 is 0 Å². The summed E-state index contributed by atoms with van der Waals surface area (Å²) in [7, 11) is 0. The molecule has 1 rings (SSSR count). The summed E-state index contributed by atoms with van der Waals surface area (Å²) in [6.45, 7) is 0.0553. The number of nitrogens with zero attached hydrogens (tertiary/aromatic N) is 2. The van der Waals surface area contributed by atoms with Gasteiger partial charge in [-0.2, -0.15) is 0 Å². The molecule has 1 saturated heterocycles. The topological polar surface area (TPSA) is 249 Å². The number of rotatable bonds is 13. The Kier molecular flexibility index (Phi) is 10.9. The molecule has 1 aliphatic heterocycles. The molecule has 0 bridgehead atoms. The van der Waals surface area contributed by atoms with E-state index in [9.17, 15) is 29.1 Å². The van der Waals surface area contributed by atoms with Crippen molar-refractivity contribution in [3.05, 3.63) is 0 Å². The number of hydrogen-bond acceptors (Lipinski definition) is 7. The van der Waals surface area contributed by atoms with E-state index in [0.29, 0.717) is 19.3 Å². The molecule has 4 amide bonds. The molecule has 180 valence electrons. The number of carbonyl (C=O) groups excluding carboxylic acids is 4. The zero-order chi connectivity index (χ0) is 24.3. The molecule has 1 heterocycles. The van der Waals surface area contributed by atoms with Crippen LogP contribution in [0.15, 0.2) is 4.99 Å². The van der Waals surface area contributed by atoms with Gasteiger partial charge < -0.3 is 43.6 Å². The van der Waals surface area contributed by atoms with Gasteiger partial charge in [-0.25, -0.2) is 4.79 Å². The minimum absolute atomic E-state index is 0.0940. The third-order valence-corrected chi connectivity index (χ3v) is 4.90. The van der Waals surface area contributed by atoms with Crippen molar-refractivity contribution in [2.75, 3.05) is 19.6 Å². The highest BCUT2D eigenvalue weighted by Crippen LogP contribution is 2.19. The van der Waals surface area contributed by atoms with Crippen LogP contribution in [0.4, 0.5) is 0 Å². The quantitative estimate of drug-likeness (QED) is 0.0817. The number of hydrogen-bond donors (Lipinski definition) is 7. The van der Waals surface area contributed by atoms with Crippen LogP contribution in [0.2, 0.25) is 0 Å². The lowest BCUT2D eigenvalue weighted by molar-refractivity contribution is -0.149. The fraction of sp³-hybridized carbons (Fsp3) is 0.667. The van der Waals surface area contributed by atoms with Gasteiger partial charge in [-0.3, -0.25) is 24.2 Å². The second-order valence-corrected chi connectivity index (χ2v) is 7.37. The molecule has 0 radical (unpaired) electrons. The van der Waals surface area contributed by atoms with E-state index in [2.05, 4.69) is 15.6 Å². The minimum atomic E-state index is -1.15. The summed E-state index contributed by atoms with van der Waals surface area (Å²) >= 11 is 0. The normalized spacial score (nSPS) is 17.2. The molecule has 14 nitrogen and oxygen atoms in total. The van der Waals surface area contributed by atoms with Crippen molar-refractivity contribution >= 4 is 35.6 Å². The molecule has 0 aromatic carbocycles. The fourth-order valence-electron chi connectivity index (χ4n) is 3.33. The van der Waals surface area contributed by atoms with Crippen molar-refractivity contribution in [3.63, 3.8) is 0 Å². The van der Waals surface area contributed by atoms with Gasteiger partial charge in [0.25, 0.3) is 0 Å². The lowest BCUT2D eigenvalue weighted by Crippen LogP contribution is -2.56.